The van der Waals surface area contributed by atoms with E-state index in [2.05, 4.69) is 14.8 Å². The highest BCUT2D eigenvalue weighted by Crippen LogP contribution is 2.29. The Hall–Kier alpha value is -3.72. The number of hydrogen-bond acceptors (Lipinski definition) is 5. The van der Waals surface area contributed by atoms with Crippen LogP contribution < -0.4 is 4.74 Å². The van der Waals surface area contributed by atoms with E-state index in [4.69, 9.17) is 10.3 Å². The predicted octanol–water partition coefficient (Wildman–Crippen LogP) is 5.18. The summed E-state index contributed by atoms with van der Waals surface area (Å²) in [6.07, 6.45) is -5.02. The van der Waals surface area contributed by atoms with Gasteiger partial charge in [0.25, 0.3) is 0 Å². The Kier molecular flexibility index (Phi) is 7.78. The second-order valence-corrected chi connectivity index (χ2v) is 7.45. The van der Waals surface area contributed by atoms with E-state index in [0.717, 1.165) is 17.7 Å². The molecule has 1 aliphatic rings. The van der Waals surface area contributed by atoms with Crippen LogP contribution in [0.5, 0.6) is 5.75 Å². The Labute approximate surface area is 187 Å². The van der Waals surface area contributed by atoms with Crippen LogP contribution in [0.4, 0.5) is 18.0 Å². The first-order chi connectivity index (χ1) is 15.8. The van der Waals surface area contributed by atoms with E-state index in [9.17, 15) is 22.8 Å². The molecule has 1 heterocycles. The van der Waals surface area contributed by atoms with E-state index >= 15 is 0 Å². The molecular weight excluding hydrogens is 441 g/mol. The maximum atomic E-state index is 13.0. The Morgan fingerprint density at radius 1 is 1.09 bits per heavy atom. The smallest absolute Gasteiger partial charge is 0.445 e. The maximum Gasteiger partial charge on any atom is 0.573 e. The molecule has 3 rings (SSSR count). The Bertz CT molecular complexity index is 1030. The molecule has 0 aliphatic carbocycles. The van der Waals surface area contributed by atoms with Crippen LogP contribution in [0.2, 0.25) is 0 Å². The molecule has 174 valence electrons. The number of benzene rings is 2. The van der Waals surface area contributed by atoms with Gasteiger partial charge < -0.3 is 9.47 Å². The highest BCUT2D eigenvalue weighted by Gasteiger charge is 2.41. The summed E-state index contributed by atoms with van der Waals surface area (Å²) in [7, 11) is 0. The number of azide groups is 1. The summed E-state index contributed by atoms with van der Waals surface area (Å²) in [4.78, 5) is 29.8. The van der Waals surface area contributed by atoms with Crippen molar-refractivity contribution >= 4 is 11.9 Å². The molecule has 0 spiro atoms. The van der Waals surface area contributed by atoms with Gasteiger partial charge in [-0.15, -0.1) is 13.2 Å². The molecule has 2 aromatic carbocycles. The number of alkyl halides is 3. The van der Waals surface area contributed by atoms with Crippen LogP contribution in [0.1, 0.15) is 24.0 Å². The van der Waals surface area contributed by atoms with Gasteiger partial charge in [-0.25, -0.2) is 4.79 Å². The summed E-state index contributed by atoms with van der Waals surface area (Å²) in [5, 5.41) is 3.52. The van der Waals surface area contributed by atoms with Crippen molar-refractivity contribution in [2.24, 2.45) is 5.11 Å². The van der Waals surface area contributed by atoms with Gasteiger partial charge in [0.15, 0.2) is 5.78 Å². The molecule has 2 atom stereocenters. The van der Waals surface area contributed by atoms with Crippen LogP contribution in [0.3, 0.4) is 0 Å². The number of Topliss-reactive ketones (excluding diaryl/α,β-unsaturated/α-hetero) is 1. The molecular formula is C22H21F3N4O4. The zero-order valence-corrected chi connectivity index (χ0v) is 17.4. The lowest BCUT2D eigenvalue weighted by Gasteiger charge is -2.28. The van der Waals surface area contributed by atoms with Crippen LogP contribution in [0.15, 0.2) is 59.7 Å². The minimum absolute atomic E-state index is 0.00213. The number of rotatable bonds is 8. The van der Waals surface area contributed by atoms with Crippen LogP contribution >= 0.6 is 0 Å². The van der Waals surface area contributed by atoms with E-state index in [-0.39, 0.29) is 25.4 Å². The van der Waals surface area contributed by atoms with Gasteiger partial charge in [0, 0.05) is 23.9 Å². The van der Waals surface area contributed by atoms with E-state index in [1.54, 1.807) is 24.3 Å². The standard InChI is InChI=1S/C22H21F3N4O4/c23-22(24,25)33-18-8-4-7-16(11-18)12-20(30)19-10-9-17(13-27-28-26)29(19)21(31)32-14-15-5-2-1-3-6-15/h1-8,11,17,19H,9-10,12-14H2/t17-,19+/m1/s1. The highest BCUT2D eigenvalue weighted by atomic mass is 19.4. The minimum atomic E-state index is -4.85. The van der Waals surface area contributed by atoms with E-state index < -0.39 is 30.3 Å². The number of halogens is 3. The zero-order chi connectivity index (χ0) is 23.8. The van der Waals surface area contributed by atoms with Gasteiger partial charge in [0.05, 0.1) is 6.04 Å². The van der Waals surface area contributed by atoms with Gasteiger partial charge >= 0.3 is 12.5 Å². The topological polar surface area (TPSA) is 105 Å². The van der Waals surface area contributed by atoms with Crippen molar-refractivity contribution in [2.75, 3.05) is 6.54 Å². The molecule has 1 saturated heterocycles. The molecule has 1 amide bonds. The van der Waals surface area contributed by atoms with Crippen molar-refractivity contribution in [3.8, 4) is 5.75 Å². The molecule has 0 unspecified atom stereocenters. The number of hydrogen-bond donors (Lipinski definition) is 0. The lowest BCUT2D eigenvalue weighted by atomic mass is 10.0. The van der Waals surface area contributed by atoms with Crippen LogP contribution in [0, 0.1) is 0 Å². The summed E-state index contributed by atoms with van der Waals surface area (Å²) >= 11 is 0. The number of nitrogens with zero attached hydrogens (tertiary/aromatic N) is 4. The van der Waals surface area contributed by atoms with E-state index in [1.807, 2.05) is 6.07 Å². The third-order valence-electron chi connectivity index (χ3n) is 5.16. The second kappa shape index (κ2) is 10.7. The number of ketones is 1. The Morgan fingerprint density at radius 2 is 1.82 bits per heavy atom. The molecule has 8 nitrogen and oxygen atoms in total. The zero-order valence-electron chi connectivity index (χ0n) is 17.4. The van der Waals surface area contributed by atoms with Crippen molar-refractivity contribution in [1.29, 1.82) is 0 Å². The molecule has 0 N–H and O–H groups in total. The largest absolute Gasteiger partial charge is 0.573 e. The summed E-state index contributed by atoms with van der Waals surface area (Å²) in [5.74, 6) is -0.793. The summed E-state index contributed by atoms with van der Waals surface area (Å²) in [5.41, 5.74) is 9.73. The molecule has 0 aromatic heterocycles. The van der Waals surface area contributed by atoms with Crippen LogP contribution in [-0.2, 0) is 22.6 Å². The SMILES string of the molecule is [N-]=[N+]=NC[C@H]1CC[C@@H](C(=O)Cc2cccc(OC(F)(F)F)c2)N1C(=O)OCc1ccccc1. The number of likely N-dealkylation sites (tertiary alicyclic amines) is 1. The average molecular weight is 462 g/mol. The van der Waals surface area contributed by atoms with Crippen molar-refractivity contribution in [2.45, 2.75) is 44.3 Å². The fourth-order valence-corrected chi connectivity index (χ4v) is 3.75. The summed E-state index contributed by atoms with van der Waals surface area (Å²) in [6.45, 7) is -0.0161. The third-order valence-corrected chi connectivity index (χ3v) is 5.16. The molecule has 33 heavy (non-hydrogen) atoms. The molecule has 0 radical (unpaired) electrons. The van der Waals surface area contributed by atoms with Crippen molar-refractivity contribution in [3.63, 3.8) is 0 Å². The van der Waals surface area contributed by atoms with E-state index in [1.165, 1.54) is 17.0 Å². The Balaban J connectivity index is 1.72. The normalized spacial score (nSPS) is 17.8. The molecule has 1 fully saturated rings. The highest BCUT2D eigenvalue weighted by molar-refractivity contribution is 5.89. The second-order valence-electron chi connectivity index (χ2n) is 7.45. The number of ether oxygens (including phenoxy) is 2. The van der Waals surface area contributed by atoms with Crippen LogP contribution in [-0.4, -0.2) is 41.8 Å². The number of carbonyl (C=O) groups excluding carboxylic acids is 2. The Morgan fingerprint density at radius 3 is 2.52 bits per heavy atom. The first kappa shape index (κ1) is 23.9. The van der Waals surface area contributed by atoms with Gasteiger partial charge in [-0.2, -0.15) is 0 Å². The predicted molar refractivity (Wildman–Crippen MR) is 111 cm³/mol. The quantitative estimate of drug-likeness (QED) is 0.306. The first-order valence-electron chi connectivity index (χ1n) is 10.1. The monoisotopic (exact) mass is 462 g/mol. The van der Waals surface area contributed by atoms with Gasteiger partial charge in [0.1, 0.15) is 12.4 Å². The summed E-state index contributed by atoms with van der Waals surface area (Å²) in [6, 6.07) is 12.8. The van der Waals surface area contributed by atoms with Gasteiger partial charge in [-0.05, 0) is 41.6 Å². The lowest BCUT2D eigenvalue weighted by Crippen LogP contribution is -2.46. The molecule has 11 heteroatoms. The fraction of sp³-hybridized carbons (Fsp3) is 0.364. The number of amides is 1. The van der Waals surface area contributed by atoms with Crippen molar-refractivity contribution in [1.82, 2.24) is 4.90 Å². The molecule has 0 bridgehead atoms. The van der Waals surface area contributed by atoms with Gasteiger partial charge in [-0.1, -0.05) is 47.6 Å². The minimum Gasteiger partial charge on any atom is -0.445 e. The van der Waals surface area contributed by atoms with Gasteiger partial charge in [-0.3, -0.25) is 9.69 Å². The summed E-state index contributed by atoms with van der Waals surface area (Å²) < 4.78 is 46.7. The first-order valence-corrected chi connectivity index (χ1v) is 10.1. The lowest BCUT2D eigenvalue weighted by molar-refractivity contribution is -0.274. The molecule has 0 saturated carbocycles. The van der Waals surface area contributed by atoms with Crippen LogP contribution in [0.25, 0.3) is 10.4 Å². The fourth-order valence-electron chi connectivity index (χ4n) is 3.75. The van der Waals surface area contributed by atoms with Crippen molar-refractivity contribution < 1.29 is 32.2 Å². The molecule has 2 aromatic rings. The third kappa shape index (κ3) is 6.88. The number of carbonyl (C=O) groups is 2. The van der Waals surface area contributed by atoms with Gasteiger partial charge in [0.2, 0.25) is 0 Å². The maximum absolute atomic E-state index is 13.0. The molecule has 1 aliphatic heterocycles. The average Bonchev–Trinajstić information content (AvgIpc) is 3.20. The van der Waals surface area contributed by atoms with E-state index in [0.29, 0.717) is 18.4 Å². The van der Waals surface area contributed by atoms with Crippen molar-refractivity contribution in [3.05, 3.63) is 76.2 Å².